The molecule has 0 spiro atoms. The topological polar surface area (TPSA) is 77.3 Å². The van der Waals surface area contributed by atoms with Crippen LogP contribution in [0, 0.1) is 10.1 Å². The number of hydrogen-bond acceptors (Lipinski definition) is 5. The highest BCUT2D eigenvalue weighted by Crippen LogP contribution is 2.24. The average Bonchev–Trinajstić information content (AvgIpc) is 2.35. The van der Waals surface area contributed by atoms with Gasteiger partial charge < -0.3 is 10.1 Å². The lowest BCUT2D eigenvalue weighted by atomic mass is 10.4. The number of pyridine rings is 1. The summed E-state index contributed by atoms with van der Waals surface area (Å²) in [5, 5.41) is 13.6. The predicted octanol–water partition coefficient (Wildman–Crippen LogP) is 2.98. The molecule has 1 heterocycles. The van der Waals surface area contributed by atoms with Crippen molar-refractivity contribution < 1.29 is 9.66 Å². The standard InChI is InChI=1S/C11H16BrN3O3/c1-2-5-18-6-3-4-13-11-10(12)7-9(8-14-11)15(16)17/h7-8H,2-6H2,1H3,(H,13,14). The molecule has 7 heteroatoms. The van der Waals surface area contributed by atoms with E-state index in [0.717, 1.165) is 19.4 Å². The molecule has 1 N–H and O–H groups in total. The zero-order valence-corrected chi connectivity index (χ0v) is 11.8. The minimum atomic E-state index is -0.472. The van der Waals surface area contributed by atoms with Gasteiger partial charge in [-0.1, -0.05) is 6.92 Å². The van der Waals surface area contributed by atoms with Crippen molar-refractivity contribution >= 4 is 27.4 Å². The van der Waals surface area contributed by atoms with Crippen LogP contribution in [0.4, 0.5) is 11.5 Å². The van der Waals surface area contributed by atoms with E-state index in [0.29, 0.717) is 23.4 Å². The van der Waals surface area contributed by atoms with Crippen molar-refractivity contribution in [2.24, 2.45) is 0 Å². The van der Waals surface area contributed by atoms with Gasteiger partial charge in [0, 0.05) is 25.8 Å². The van der Waals surface area contributed by atoms with Gasteiger partial charge in [-0.3, -0.25) is 10.1 Å². The second-order valence-corrected chi connectivity index (χ2v) is 4.53. The van der Waals surface area contributed by atoms with E-state index in [1.165, 1.54) is 12.3 Å². The lowest BCUT2D eigenvalue weighted by molar-refractivity contribution is -0.385. The first-order valence-corrected chi connectivity index (χ1v) is 6.56. The van der Waals surface area contributed by atoms with Crippen LogP contribution in [0.15, 0.2) is 16.7 Å². The van der Waals surface area contributed by atoms with E-state index in [1.807, 2.05) is 0 Å². The Kier molecular flexibility index (Phi) is 6.59. The van der Waals surface area contributed by atoms with Gasteiger partial charge in [0.05, 0.1) is 9.40 Å². The van der Waals surface area contributed by atoms with E-state index < -0.39 is 4.92 Å². The van der Waals surface area contributed by atoms with Gasteiger partial charge in [0.1, 0.15) is 12.0 Å². The highest BCUT2D eigenvalue weighted by atomic mass is 79.9. The van der Waals surface area contributed by atoms with E-state index in [2.05, 4.69) is 33.2 Å². The van der Waals surface area contributed by atoms with Crippen LogP contribution in [0.3, 0.4) is 0 Å². The molecule has 0 aliphatic heterocycles. The molecule has 0 bridgehead atoms. The van der Waals surface area contributed by atoms with Crippen LogP contribution >= 0.6 is 15.9 Å². The first-order chi connectivity index (χ1) is 8.65. The van der Waals surface area contributed by atoms with Crippen LogP contribution in [-0.4, -0.2) is 29.7 Å². The van der Waals surface area contributed by atoms with Crippen LogP contribution < -0.4 is 5.32 Å². The van der Waals surface area contributed by atoms with Crippen molar-refractivity contribution in [1.82, 2.24) is 4.98 Å². The molecule has 0 unspecified atom stereocenters. The summed E-state index contributed by atoms with van der Waals surface area (Å²) in [5.41, 5.74) is -0.0290. The first-order valence-electron chi connectivity index (χ1n) is 5.76. The molecule has 0 aliphatic rings. The number of nitrogens with one attached hydrogen (secondary N) is 1. The molecule has 0 radical (unpaired) electrons. The molecule has 6 nitrogen and oxygen atoms in total. The van der Waals surface area contributed by atoms with Crippen LogP contribution in [0.5, 0.6) is 0 Å². The minimum Gasteiger partial charge on any atom is -0.381 e. The van der Waals surface area contributed by atoms with E-state index in [9.17, 15) is 10.1 Å². The SMILES string of the molecule is CCCOCCCNc1ncc([N+](=O)[O-])cc1Br. The summed E-state index contributed by atoms with van der Waals surface area (Å²) >= 11 is 3.25. The van der Waals surface area contributed by atoms with Crippen molar-refractivity contribution in [3.8, 4) is 0 Å². The molecule has 0 amide bonds. The van der Waals surface area contributed by atoms with Gasteiger partial charge in [-0.2, -0.15) is 0 Å². The van der Waals surface area contributed by atoms with Gasteiger partial charge in [-0.25, -0.2) is 4.98 Å². The molecule has 0 aromatic carbocycles. The van der Waals surface area contributed by atoms with E-state index in [4.69, 9.17) is 4.74 Å². The highest BCUT2D eigenvalue weighted by molar-refractivity contribution is 9.10. The largest absolute Gasteiger partial charge is 0.381 e. The van der Waals surface area contributed by atoms with Gasteiger partial charge in [0.25, 0.3) is 5.69 Å². The smallest absolute Gasteiger partial charge is 0.288 e. The summed E-state index contributed by atoms with van der Waals surface area (Å²) in [6.07, 6.45) is 3.12. The zero-order chi connectivity index (χ0) is 13.4. The summed E-state index contributed by atoms with van der Waals surface area (Å²) in [5.74, 6) is 0.607. The van der Waals surface area contributed by atoms with E-state index in [1.54, 1.807) is 0 Å². The third kappa shape index (κ3) is 4.97. The number of ether oxygens (including phenoxy) is 1. The minimum absolute atomic E-state index is 0.0290. The molecule has 18 heavy (non-hydrogen) atoms. The Balaban J connectivity index is 2.36. The summed E-state index contributed by atoms with van der Waals surface area (Å²) in [4.78, 5) is 14.1. The van der Waals surface area contributed by atoms with Crippen LogP contribution in [0.25, 0.3) is 0 Å². The second kappa shape index (κ2) is 7.99. The summed E-state index contributed by atoms with van der Waals surface area (Å²) in [7, 11) is 0. The van der Waals surface area contributed by atoms with Gasteiger partial charge >= 0.3 is 0 Å². The van der Waals surface area contributed by atoms with Gasteiger partial charge in [-0.15, -0.1) is 0 Å². The number of hydrogen-bond donors (Lipinski definition) is 1. The quantitative estimate of drug-likeness (QED) is 0.453. The Morgan fingerprint density at radius 3 is 2.94 bits per heavy atom. The molecule has 0 atom stereocenters. The number of halogens is 1. The normalized spacial score (nSPS) is 10.3. The van der Waals surface area contributed by atoms with Crippen molar-refractivity contribution in [3.05, 3.63) is 26.9 Å². The molecular formula is C11H16BrN3O3. The van der Waals surface area contributed by atoms with E-state index in [-0.39, 0.29) is 5.69 Å². The van der Waals surface area contributed by atoms with Crippen molar-refractivity contribution in [3.63, 3.8) is 0 Å². The third-order valence-electron chi connectivity index (χ3n) is 2.14. The molecule has 1 rings (SSSR count). The van der Waals surface area contributed by atoms with Crippen molar-refractivity contribution in [1.29, 1.82) is 0 Å². The lowest BCUT2D eigenvalue weighted by Gasteiger charge is -2.07. The Labute approximate surface area is 114 Å². The molecule has 0 saturated heterocycles. The van der Waals surface area contributed by atoms with Crippen LogP contribution in [0.2, 0.25) is 0 Å². The maximum absolute atomic E-state index is 10.5. The van der Waals surface area contributed by atoms with Crippen molar-refractivity contribution in [2.45, 2.75) is 19.8 Å². The number of nitrogens with zero attached hydrogens (tertiary/aromatic N) is 2. The zero-order valence-electron chi connectivity index (χ0n) is 10.2. The number of aromatic nitrogens is 1. The molecule has 0 fully saturated rings. The molecule has 1 aromatic rings. The monoisotopic (exact) mass is 317 g/mol. The molecular weight excluding hydrogens is 302 g/mol. The highest BCUT2D eigenvalue weighted by Gasteiger charge is 2.09. The fraction of sp³-hybridized carbons (Fsp3) is 0.545. The Morgan fingerprint density at radius 2 is 2.33 bits per heavy atom. The fourth-order valence-electron chi connectivity index (χ4n) is 1.29. The van der Waals surface area contributed by atoms with Gasteiger partial charge in [0.2, 0.25) is 0 Å². The summed E-state index contributed by atoms with van der Waals surface area (Å²) < 4.78 is 5.93. The summed E-state index contributed by atoms with van der Waals surface area (Å²) in [6.45, 7) is 4.26. The van der Waals surface area contributed by atoms with Crippen LogP contribution in [-0.2, 0) is 4.74 Å². The molecule has 100 valence electrons. The Morgan fingerprint density at radius 1 is 1.56 bits per heavy atom. The number of anilines is 1. The average molecular weight is 318 g/mol. The van der Waals surface area contributed by atoms with Crippen molar-refractivity contribution in [2.75, 3.05) is 25.1 Å². The Hall–Kier alpha value is -1.21. The molecule has 1 aromatic heterocycles. The first kappa shape index (κ1) is 14.8. The maximum atomic E-state index is 10.5. The van der Waals surface area contributed by atoms with Gasteiger partial charge in [0.15, 0.2) is 0 Å². The number of rotatable bonds is 8. The third-order valence-corrected chi connectivity index (χ3v) is 2.75. The Bertz CT molecular complexity index is 401. The second-order valence-electron chi connectivity index (χ2n) is 3.67. The molecule has 0 aliphatic carbocycles. The lowest BCUT2D eigenvalue weighted by Crippen LogP contribution is -2.08. The summed E-state index contributed by atoms with van der Waals surface area (Å²) in [6, 6.07) is 1.43. The van der Waals surface area contributed by atoms with Crippen LogP contribution in [0.1, 0.15) is 19.8 Å². The number of nitro groups is 1. The maximum Gasteiger partial charge on any atom is 0.288 e. The van der Waals surface area contributed by atoms with E-state index >= 15 is 0 Å². The predicted molar refractivity (Wildman–Crippen MR) is 72.8 cm³/mol. The van der Waals surface area contributed by atoms with Gasteiger partial charge in [-0.05, 0) is 28.8 Å². The molecule has 0 saturated carbocycles. The fourth-order valence-corrected chi connectivity index (χ4v) is 1.76.